The standard InChI is InChI=1S/C13H26N2O5/c1-2-3-4-5-11(13(19)20-10-12(17)18)15(7-6-14)8-9-16/h11,16H,2-10,14H2,1H3,(H,17,18)/t11-/m0/s1. The highest BCUT2D eigenvalue weighted by Crippen LogP contribution is 2.12. The first-order valence-electron chi connectivity index (χ1n) is 7.00. The number of hydrogen-bond donors (Lipinski definition) is 3. The minimum Gasteiger partial charge on any atom is -0.479 e. The van der Waals surface area contributed by atoms with E-state index in [2.05, 4.69) is 6.92 Å². The van der Waals surface area contributed by atoms with Crippen LogP contribution in [0.1, 0.15) is 32.6 Å². The highest BCUT2D eigenvalue weighted by Gasteiger charge is 2.26. The van der Waals surface area contributed by atoms with Crippen LogP contribution < -0.4 is 5.73 Å². The average molecular weight is 290 g/mol. The third-order valence-corrected chi connectivity index (χ3v) is 2.94. The number of esters is 1. The minimum atomic E-state index is -1.18. The first-order valence-corrected chi connectivity index (χ1v) is 7.00. The molecule has 0 aliphatic carbocycles. The first-order chi connectivity index (χ1) is 9.56. The van der Waals surface area contributed by atoms with Gasteiger partial charge < -0.3 is 20.7 Å². The number of aliphatic hydroxyl groups excluding tert-OH is 1. The summed E-state index contributed by atoms with van der Waals surface area (Å²) < 4.78 is 4.77. The van der Waals surface area contributed by atoms with Crippen molar-refractivity contribution in [2.24, 2.45) is 5.73 Å². The van der Waals surface area contributed by atoms with E-state index < -0.39 is 24.6 Å². The van der Waals surface area contributed by atoms with Crippen LogP contribution in [0.25, 0.3) is 0 Å². The number of ether oxygens (including phenoxy) is 1. The Bertz CT molecular complexity index is 280. The Morgan fingerprint density at radius 2 is 2.00 bits per heavy atom. The number of unbranched alkanes of at least 4 members (excludes halogenated alkanes) is 2. The molecular weight excluding hydrogens is 264 g/mol. The lowest BCUT2D eigenvalue weighted by atomic mass is 10.1. The number of carboxylic acids is 1. The molecule has 7 nitrogen and oxygen atoms in total. The Balaban J connectivity index is 4.64. The van der Waals surface area contributed by atoms with Crippen molar-refractivity contribution >= 4 is 11.9 Å². The van der Waals surface area contributed by atoms with Crippen molar-refractivity contribution in [3.8, 4) is 0 Å². The number of carbonyl (C=O) groups is 2. The van der Waals surface area contributed by atoms with Gasteiger partial charge in [-0.3, -0.25) is 9.69 Å². The summed E-state index contributed by atoms with van der Waals surface area (Å²) in [5.74, 6) is -1.75. The second kappa shape index (κ2) is 11.6. The molecule has 0 saturated carbocycles. The van der Waals surface area contributed by atoms with E-state index in [1.165, 1.54) is 0 Å². The van der Waals surface area contributed by atoms with E-state index in [9.17, 15) is 9.59 Å². The quantitative estimate of drug-likeness (QED) is 0.337. The van der Waals surface area contributed by atoms with Crippen molar-refractivity contribution < 1.29 is 24.5 Å². The molecule has 0 spiro atoms. The largest absolute Gasteiger partial charge is 0.479 e. The molecule has 4 N–H and O–H groups in total. The zero-order valence-corrected chi connectivity index (χ0v) is 12.1. The zero-order valence-electron chi connectivity index (χ0n) is 12.1. The zero-order chi connectivity index (χ0) is 15.4. The van der Waals surface area contributed by atoms with Crippen molar-refractivity contribution in [2.45, 2.75) is 38.6 Å². The molecule has 0 radical (unpaired) electrons. The van der Waals surface area contributed by atoms with Gasteiger partial charge in [0.1, 0.15) is 6.04 Å². The number of aliphatic hydroxyl groups is 1. The van der Waals surface area contributed by atoms with E-state index in [-0.39, 0.29) is 6.61 Å². The Kier molecular flexibility index (Phi) is 10.9. The van der Waals surface area contributed by atoms with Gasteiger partial charge in [0.25, 0.3) is 0 Å². The number of aliphatic carboxylic acids is 1. The molecule has 118 valence electrons. The van der Waals surface area contributed by atoms with E-state index in [0.717, 1.165) is 19.3 Å². The summed E-state index contributed by atoms with van der Waals surface area (Å²) in [5, 5.41) is 17.6. The van der Waals surface area contributed by atoms with Gasteiger partial charge in [0, 0.05) is 19.6 Å². The van der Waals surface area contributed by atoms with Crippen molar-refractivity contribution in [1.82, 2.24) is 4.90 Å². The van der Waals surface area contributed by atoms with Crippen LogP contribution >= 0.6 is 0 Å². The summed E-state index contributed by atoms with van der Waals surface area (Å²) in [6, 6.07) is -0.545. The molecule has 0 bridgehead atoms. The number of carbonyl (C=O) groups excluding carboxylic acids is 1. The van der Waals surface area contributed by atoms with Gasteiger partial charge in [0.2, 0.25) is 0 Å². The van der Waals surface area contributed by atoms with E-state index >= 15 is 0 Å². The average Bonchev–Trinajstić information content (AvgIpc) is 2.41. The van der Waals surface area contributed by atoms with Crippen molar-refractivity contribution in [1.29, 1.82) is 0 Å². The Morgan fingerprint density at radius 3 is 2.50 bits per heavy atom. The van der Waals surface area contributed by atoms with E-state index in [0.29, 0.717) is 26.1 Å². The molecule has 0 heterocycles. The van der Waals surface area contributed by atoms with Crippen molar-refractivity contribution in [3.05, 3.63) is 0 Å². The van der Waals surface area contributed by atoms with Crippen LogP contribution in [0.3, 0.4) is 0 Å². The summed E-state index contributed by atoms with van der Waals surface area (Å²) in [6.07, 6.45) is 3.42. The molecule has 1 atom stereocenters. The van der Waals surface area contributed by atoms with Crippen LogP contribution in [0.15, 0.2) is 0 Å². The van der Waals surface area contributed by atoms with Gasteiger partial charge in [-0.25, -0.2) is 4.79 Å². The predicted octanol–water partition coefficient (Wildman–Crippen LogP) is -0.184. The van der Waals surface area contributed by atoms with Crippen molar-refractivity contribution in [3.63, 3.8) is 0 Å². The molecule has 0 amide bonds. The summed E-state index contributed by atoms with van der Waals surface area (Å²) in [4.78, 5) is 24.2. The first kappa shape index (κ1) is 18.8. The minimum absolute atomic E-state index is 0.0868. The molecule has 0 aromatic heterocycles. The Morgan fingerprint density at radius 1 is 1.30 bits per heavy atom. The van der Waals surface area contributed by atoms with Gasteiger partial charge in [-0.1, -0.05) is 26.2 Å². The maximum Gasteiger partial charge on any atom is 0.341 e. The van der Waals surface area contributed by atoms with Gasteiger partial charge in [0.05, 0.1) is 6.61 Å². The molecule has 0 fully saturated rings. The highest BCUT2D eigenvalue weighted by molar-refractivity contribution is 5.79. The molecular formula is C13H26N2O5. The molecule has 0 unspecified atom stereocenters. The topological polar surface area (TPSA) is 113 Å². The van der Waals surface area contributed by atoms with Gasteiger partial charge in [-0.05, 0) is 6.42 Å². The smallest absolute Gasteiger partial charge is 0.341 e. The monoisotopic (exact) mass is 290 g/mol. The Hall–Kier alpha value is -1.18. The van der Waals surface area contributed by atoms with Gasteiger partial charge in [-0.2, -0.15) is 0 Å². The molecule has 0 aliphatic heterocycles. The van der Waals surface area contributed by atoms with Crippen molar-refractivity contribution in [2.75, 3.05) is 32.8 Å². The van der Waals surface area contributed by atoms with Gasteiger partial charge in [0.15, 0.2) is 6.61 Å². The number of rotatable bonds is 12. The van der Waals surface area contributed by atoms with E-state index in [1.54, 1.807) is 4.90 Å². The lowest BCUT2D eigenvalue weighted by Gasteiger charge is -2.29. The van der Waals surface area contributed by atoms with E-state index in [4.69, 9.17) is 20.7 Å². The Labute approximate surface area is 119 Å². The molecule has 20 heavy (non-hydrogen) atoms. The van der Waals surface area contributed by atoms with Crippen LogP contribution in [0, 0.1) is 0 Å². The highest BCUT2D eigenvalue weighted by atomic mass is 16.6. The third-order valence-electron chi connectivity index (χ3n) is 2.94. The molecule has 0 aliphatic rings. The molecule has 0 rings (SSSR count). The van der Waals surface area contributed by atoms with Crippen LogP contribution in [-0.2, 0) is 14.3 Å². The molecule has 0 aromatic carbocycles. The maximum absolute atomic E-state index is 12.0. The molecule has 0 saturated heterocycles. The maximum atomic E-state index is 12.0. The second-order valence-electron chi connectivity index (χ2n) is 4.56. The lowest BCUT2D eigenvalue weighted by Crippen LogP contribution is -2.46. The van der Waals surface area contributed by atoms with E-state index in [1.807, 2.05) is 0 Å². The number of nitrogens with two attached hydrogens (primary N) is 1. The summed E-state index contributed by atoms with van der Waals surface area (Å²) in [5.41, 5.74) is 5.51. The summed E-state index contributed by atoms with van der Waals surface area (Å²) in [6.45, 7) is 2.46. The van der Waals surface area contributed by atoms with Crippen LogP contribution in [-0.4, -0.2) is 65.9 Å². The summed E-state index contributed by atoms with van der Waals surface area (Å²) >= 11 is 0. The second-order valence-corrected chi connectivity index (χ2v) is 4.56. The van der Waals surface area contributed by atoms with Crippen LogP contribution in [0.2, 0.25) is 0 Å². The normalized spacial score (nSPS) is 12.4. The van der Waals surface area contributed by atoms with Crippen LogP contribution in [0.4, 0.5) is 0 Å². The fraction of sp³-hybridized carbons (Fsp3) is 0.846. The summed E-state index contributed by atoms with van der Waals surface area (Å²) in [7, 11) is 0. The fourth-order valence-corrected chi connectivity index (χ4v) is 1.98. The number of hydrogen-bond acceptors (Lipinski definition) is 6. The van der Waals surface area contributed by atoms with Gasteiger partial charge >= 0.3 is 11.9 Å². The molecule has 0 aromatic rings. The fourth-order valence-electron chi connectivity index (χ4n) is 1.98. The third kappa shape index (κ3) is 8.08. The lowest BCUT2D eigenvalue weighted by molar-refractivity contribution is -0.159. The molecule has 7 heteroatoms. The number of carboxylic acid groups (broad SMARTS) is 1. The van der Waals surface area contributed by atoms with Gasteiger partial charge in [-0.15, -0.1) is 0 Å². The SMILES string of the molecule is CCCCC[C@@H](C(=O)OCC(=O)O)N(CCN)CCO. The predicted molar refractivity (Wildman–Crippen MR) is 74.2 cm³/mol. The number of nitrogens with zero attached hydrogens (tertiary/aromatic N) is 1. The van der Waals surface area contributed by atoms with Crippen LogP contribution in [0.5, 0.6) is 0 Å².